The second-order valence-electron chi connectivity index (χ2n) is 3.03. The molecule has 1 N–H and O–H groups in total. The van der Waals surface area contributed by atoms with Gasteiger partial charge in [-0.2, -0.15) is 21.2 Å². The molecule has 0 heterocycles. The van der Waals surface area contributed by atoms with Gasteiger partial charge in [-0.3, -0.25) is 0 Å². The molecule has 1 aromatic carbocycles. The summed E-state index contributed by atoms with van der Waals surface area (Å²) in [5, 5.41) is 8.84. The fraction of sp³-hybridized carbons (Fsp3) is 0.111. The molecule has 1 aromatic rings. The molecular formula is C9H7NO6S2. The highest BCUT2D eigenvalue weighted by atomic mass is 32.2. The number of hydrogen-bond donors (Lipinski definition) is 1. The maximum atomic E-state index is 11.1. The Morgan fingerprint density at radius 2 is 1.67 bits per heavy atom. The third kappa shape index (κ3) is 3.50. The standard InChI is InChI=1S/C9H7NO6S2/c11-9(12)7(10-18(15)16)8(17(13)14)6-4-2-1-3-5-6/h1-5,7H,(H,11,12)/t7-/m0/s1. The van der Waals surface area contributed by atoms with Crippen molar-refractivity contribution in [3.8, 4) is 0 Å². The average molecular weight is 289 g/mol. The van der Waals surface area contributed by atoms with E-state index in [4.69, 9.17) is 5.11 Å². The minimum absolute atomic E-state index is 0.0763. The Hall–Kier alpha value is -2.00. The number of carboxylic acids is 1. The van der Waals surface area contributed by atoms with Crippen LogP contribution in [-0.4, -0.2) is 38.8 Å². The van der Waals surface area contributed by atoms with Gasteiger partial charge in [-0.1, -0.05) is 30.3 Å². The van der Waals surface area contributed by atoms with Gasteiger partial charge in [-0.05, 0) is 5.56 Å². The first-order valence-electron chi connectivity index (χ1n) is 4.48. The van der Waals surface area contributed by atoms with Gasteiger partial charge in [0.1, 0.15) is 4.86 Å². The first-order valence-corrected chi connectivity index (χ1v) is 6.58. The van der Waals surface area contributed by atoms with Crippen molar-refractivity contribution < 1.29 is 26.7 Å². The SMILES string of the molecule is O=C(O)[C@@H](N=S(=O)=O)C(c1ccccc1)=S(=O)=O. The van der Waals surface area contributed by atoms with E-state index >= 15 is 0 Å². The molecule has 0 bridgehead atoms. The second-order valence-corrected chi connectivity index (χ2v) is 4.58. The van der Waals surface area contributed by atoms with Crippen molar-refractivity contribution >= 4 is 31.6 Å². The van der Waals surface area contributed by atoms with Crippen molar-refractivity contribution in [1.82, 2.24) is 0 Å². The van der Waals surface area contributed by atoms with E-state index in [0.717, 1.165) is 0 Å². The van der Waals surface area contributed by atoms with Crippen LogP contribution in [0.4, 0.5) is 0 Å². The first kappa shape index (κ1) is 14.1. The molecule has 7 nitrogen and oxygen atoms in total. The summed E-state index contributed by atoms with van der Waals surface area (Å²) in [4.78, 5) is 10.3. The molecule has 0 saturated heterocycles. The Kier molecular flexibility index (Phi) is 4.75. The molecule has 1 rings (SSSR count). The van der Waals surface area contributed by atoms with Crippen molar-refractivity contribution in [2.75, 3.05) is 0 Å². The van der Waals surface area contributed by atoms with Crippen LogP contribution in [0.1, 0.15) is 5.56 Å². The van der Waals surface area contributed by atoms with Gasteiger partial charge in [-0.15, -0.1) is 0 Å². The van der Waals surface area contributed by atoms with Crippen LogP contribution in [0.3, 0.4) is 0 Å². The molecule has 0 unspecified atom stereocenters. The predicted octanol–water partition coefficient (Wildman–Crippen LogP) is -0.398. The second kappa shape index (κ2) is 6.07. The third-order valence-electron chi connectivity index (χ3n) is 1.91. The molecule has 0 fully saturated rings. The number of rotatable bonds is 4. The minimum atomic E-state index is -3.03. The van der Waals surface area contributed by atoms with Gasteiger partial charge in [0.15, 0.2) is 0 Å². The summed E-state index contributed by atoms with van der Waals surface area (Å²) in [5.74, 6) is -1.66. The topological polar surface area (TPSA) is 118 Å². The zero-order valence-electron chi connectivity index (χ0n) is 8.72. The van der Waals surface area contributed by atoms with Crippen LogP contribution in [0.15, 0.2) is 34.7 Å². The number of aliphatic carboxylic acids is 1. The van der Waals surface area contributed by atoms with E-state index in [1.165, 1.54) is 24.3 Å². The molecule has 0 aliphatic rings. The lowest BCUT2D eigenvalue weighted by molar-refractivity contribution is -0.136. The van der Waals surface area contributed by atoms with Gasteiger partial charge in [-0.25, -0.2) is 4.79 Å². The lowest BCUT2D eigenvalue weighted by Gasteiger charge is -2.06. The molecule has 0 aliphatic carbocycles. The molecule has 18 heavy (non-hydrogen) atoms. The first-order chi connectivity index (χ1) is 8.43. The highest BCUT2D eigenvalue weighted by Crippen LogP contribution is 2.07. The molecule has 0 radical (unpaired) electrons. The van der Waals surface area contributed by atoms with E-state index in [1.54, 1.807) is 6.07 Å². The Morgan fingerprint density at radius 1 is 1.11 bits per heavy atom. The number of benzene rings is 1. The zero-order valence-corrected chi connectivity index (χ0v) is 10.3. The highest BCUT2D eigenvalue weighted by molar-refractivity contribution is 7.73. The molecule has 9 heteroatoms. The molecular weight excluding hydrogens is 282 g/mol. The lowest BCUT2D eigenvalue weighted by Crippen LogP contribution is -2.29. The molecule has 0 aromatic heterocycles. The van der Waals surface area contributed by atoms with Crippen LogP contribution in [0.2, 0.25) is 0 Å². The minimum Gasteiger partial charge on any atom is -0.479 e. The fourth-order valence-electron chi connectivity index (χ4n) is 1.24. The summed E-state index contributed by atoms with van der Waals surface area (Å²) in [6.07, 6.45) is 0. The van der Waals surface area contributed by atoms with Crippen LogP contribution < -0.4 is 0 Å². The molecule has 1 atom stereocenters. The molecule has 96 valence electrons. The van der Waals surface area contributed by atoms with E-state index < -0.39 is 37.7 Å². The van der Waals surface area contributed by atoms with Gasteiger partial charge in [0, 0.05) is 0 Å². The maximum Gasteiger partial charge on any atom is 0.335 e. The van der Waals surface area contributed by atoms with Gasteiger partial charge in [0.2, 0.25) is 16.3 Å². The van der Waals surface area contributed by atoms with Crippen molar-refractivity contribution in [3.63, 3.8) is 0 Å². The fourth-order valence-corrected chi connectivity index (χ4v) is 2.34. The van der Waals surface area contributed by atoms with E-state index in [0.29, 0.717) is 0 Å². The van der Waals surface area contributed by atoms with E-state index in [-0.39, 0.29) is 5.56 Å². The van der Waals surface area contributed by atoms with Crippen molar-refractivity contribution in [3.05, 3.63) is 35.9 Å². The van der Waals surface area contributed by atoms with Crippen molar-refractivity contribution in [1.29, 1.82) is 0 Å². The van der Waals surface area contributed by atoms with Crippen molar-refractivity contribution in [2.24, 2.45) is 4.36 Å². The van der Waals surface area contributed by atoms with Crippen LogP contribution in [0, 0.1) is 0 Å². The third-order valence-corrected chi connectivity index (χ3v) is 3.11. The lowest BCUT2D eigenvalue weighted by atomic mass is 10.1. The van der Waals surface area contributed by atoms with E-state index in [9.17, 15) is 21.6 Å². The average Bonchev–Trinajstić information content (AvgIpc) is 2.28. The largest absolute Gasteiger partial charge is 0.479 e. The highest BCUT2D eigenvalue weighted by Gasteiger charge is 2.26. The number of carboxylic acid groups (broad SMARTS) is 1. The summed E-state index contributed by atoms with van der Waals surface area (Å²) in [6.45, 7) is 0. The summed E-state index contributed by atoms with van der Waals surface area (Å²) < 4.78 is 45.8. The Bertz CT molecular complexity index is 702. The van der Waals surface area contributed by atoms with Crippen molar-refractivity contribution in [2.45, 2.75) is 6.04 Å². The normalized spacial score (nSPS) is 11.3. The van der Waals surface area contributed by atoms with Crippen LogP contribution in [-0.2, 0) is 25.6 Å². The van der Waals surface area contributed by atoms with Crippen LogP contribution in [0.5, 0.6) is 0 Å². The van der Waals surface area contributed by atoms with Gasteiger partial charge in [0.05, 0.1) is 0 Å². The number of nitrogens with zero attached hydrogens (tertiary/aromatic N) is 1. The Morgan fingerprint density at radius 3 is 2.06 bits per heavy atom. The Labute approximate surface area is 105 Å². The zero-order chi connectivity index (χ0) is 13.7. The maximum absolute atomic E-state index is 11.1. The Balaban J connectivity index is 3.53. The summed E-state index contributed by atoms with van der Waals surface area (Å²) in [5.41, 5.74) is 0.0763. The summed E-state index contributed by atoms with van der Waals surface area (Å²) >= 11 is 0. The van der Waals surface area contributed by atoms with Crippen LogP contribution >= 0.6 is 0 Å². The molecule has 0 spiro atoms. The quantitative estimate of drug-likeness (QED) is 0.595. The molecule has 0 saturated carbocycles. The van der Waals surface area contributed by atoms with Gasteiger partial charge >= 0.3 is 16.5 Å². The number of carbonyl (C=O) groups is 1. The smallest absolute Gasteiger partial charge is 0.335 e. The number of hydrogen-bond acceptors (Lipinski definition) is 6. The predicted molar refractivity (Wildman–Crippen MR) is 62.2 cm³/mol. The molecule has 0 amide bonds. The van der Waals surface area contributed by atoms with E-state index in [2.05, 4.69) is 4.36 Å². The summed E-state index contributed by atoms with van der Waals surface area (Å²) in [6, 6.07) is 5.32. The van der Waals surface area contributed by atoms with Gasteiger partial charge < -0.3 is 5.11 Å². The van der Waals surface area contributed by atoms with Gasteiger partial charge in [0.25, 0.3) is 0 Å². The monoisotopic (exact) mass is 289 g/mol. The molecule has 0 aliphatic heterocycles. The van der Waals surface area contributed by atoms with E-state index in [1.807, 2.05) is 0 Å². The van der Waals surface area contributed by atoms with Crippen LogP contribution in [0.25, 0.3) is 0 Å². The summed E-state index contributed by atoms with van der Waals surface area (Å²) in [7, 11) is -5.93.